The highest BCUT2D eigenvalue weighted by molar-refractivity contribution is 5.79. The van der Waals surface area contributed by atoms with Crippen LogP contribution in [-0.4, -0.2) is 46.0 Å². The molecule has 1 saturated heterocycles. The highest BCUT2D eigenvalue weighted by Crippen LogP contribution is 2.50. The van der Waals surface area contributed by atoms with Gasteiger partial charge in [0.2, 0.25) is 17.7 Å². The number of aryl methyl sites for hydroxylation is 1. The monoisotopic (exact) mass is 388 g/mol. The van der Waals surface area contributed by atoms with Crippen molar-refractivity contribution < 1.29 is 14.1 Å². The van der Waals surface area contributed by atoms with Crippen molar-refractivity contribution in [2.75, 3.05) is 13.1 Å². The summed E-state index contributed by atoms with van der Waals surface area (Å²) in [4.78, 5) is 31.9. The van der Waals surface area contributed by atoms with E-state index in [1.807, 2.05) is 25.7 Å². The van der Waals surface area contributed by atoms with E-state index in [0.717, 1.165) is 38.5 Å². The van der Waals surface area contributed by atoms with E-state index in [0.29, 0.717) is 24.8 Å². The van der Waals surface area contributed by atoms with Crippen LogP contribution in [-0.2, 0) is 15.0 Å². The first-order chi connectivity index (χ1) is 13.4. The van der Waals surface area contributed by atoms with Crippen LogP contribution in [0.15, 0.2) is 4.52 Å². The Balaban J connectivity index is 1.51. The Morgan fingerprint density at radius 2 is 2.00 bits per heavy atom. The zero-order valence-electron chi connectivity index (χ0n) is 17.2. The maximum Gasteiger partial charge on any atom is 0.235 e. The molecule has 1 aromatic rings. The fourth-order valence-electron chi connectivity index (χ4n) is 5.53. The van der Waals surface area contributed by atoms with Gasteiger partial charge in [-0.25, -0.2) is 0 Å². The van der Waals surface area contributed by atoms with E-state index in [4.69, 9.17) is 4.52 Å². The van der Waals surface area contributed by atoms with Gasteiger partial charge in [0, 0.05) is 31.0 Å². The lowest BCUT2D eigenvalue weighted by Gasteiger charge is -2.27. The van der Waals surface area contributed by atoms with Gasteiger partial charge in [-0.05, 0) is 38.5 Å². The first-order valence-electron chi connectivity index (χ1n) is 10.8. The van der Waals surface area contributed by atoms with E-state index < -0.39 is 0 Å². The minimum absolute atomic E-state index is 0.0258. The molecule has 2 heterocycles. The third kappa shape index (κ3) is 3.44. The molecule has 0 bridgehead atoms. The second kappa shape index (κ2) is 7.48. The van der Waals surface area contributed by atoms with Gasteiger partial charge in [0.25, 0.3) is 0 Å². The van der Waals surface area contributed by atoms with Crippen LogP contribution in [0.2, 0.25) is 0 Å². The van der Waals surface area contributed by atoms with Crippen LogP contribution >= 0.6 is 0 Å². The van der Waals surface area contributed by atoms with E-state index in [1.54, 1.807) is 0 Å². The number of nitrogens with one attached hydrogen (secondary N) is 1. The van der Waals surface area contributed by atoms with E-state index in [1.165, 1.54) is 6.42 Å². The lowest BCUT2D eigenvalue weighted by atomic mass is 9.80. The van der Waals surface area contributed by atoms with Crippen molar-refractivity contribution in [2.45, 2.75) is 77.2 Å². The number of carbonyl (C=O) groups excluding carboxylic acids is 2. The average Bonchev–Trinajstić information content (AvgIpc) is 3.34. The molecule has 3 atom stereocenters. The molecule has 1 aliphatic heterocycles. The molecule has 2 aliphatic carbocycles. The Labute approximate surface area is 166 Å². The largest absolute Gasteiger partial charge is 0.353 e. The topological polar surface area (TPSA) is 88.3 Å². The lowest BCUT2D eigenvalue weighted by molar-refractivity contribution is -0.134. The predicted octanol–water partition coefficient (Wildman–Crippen LogP) is 2.59. The summed E-state index contributed by atoms with van der Waals surface area (Å²) in [6, 6.07) is 0.114. The van der Waals surface area contributed by atoms with Crippen LogP contribution in [0, 0.1) is 24.7 Å². The number of nitrogens with zero attached hydrogens (tertiary/aromatic N) is 3. The van der Waals surface area contributed by atoms with Gasteiger partial charge in [0.15, 0.2) is 5.82 Å². The summed E-state index contributed by atoms with van der Waals surface area (Å²) in [7, 11) is 0. The van der Waals surface area contributed by atoms with Crippen molar-refractivity contribution in [2.24, 2.45) is 17.8 Å². The van der Waals surface area contributed by atoms with Crippen LogP contribution in [0.4, 0.5) is 0 Å². The fraction of sp³-hybridized carbons (Fsp3) is 0.810. The molecule has 2 saturated carbocycles. The van der Waals surface area contributed by atoms with Crippen LogP contribution < -0.4 is 5.32 Å². The molecule has 2 amide bonds. The van der Waals surface area contributed by atoms with Crippen LogP contribution in [0.5, 0.6) is 0 Å². The van der Waals surface area contributed by atoms with E-state index >= 15 is 0 Å². The SMILES string of the molecule is Cc1noc([C@]23C[C@H](NC(=O)C4CCCCC4)C[C@H]2CN(C(=O)C(C)C)C3)n1. The van der Waals surface area contributed by atoms with Crippen molar-refractivity contribution in [3.8, 4) is 0 Å². The zero-order valence-corrected chi connectivity index (χ0v) is 17.2. The Kier molecular flexibility index (Phi) is 5.19. The first kappa shape index (κ1) is 19.4. The van der Waals surface area contributed by atoms with Gasteiger partial charge in [0.1, 0.15) is 0 Å². The standard InChI is InChI=1S/C21H32N4O3/c1-13(2)19(27)25-11-16-9-17(23-18(26)15-7-5-4-6-8-15)10-21(16,12-25)20-22-14(3)24-28-20/h13,15-17H,4-12H2,1-3H3,(H,23,26)/t16-,17+,21-/m0/s1. The van der Waals surface area contributed by atoms with Crippen LogP contribution in [0.3, 0.4) is 0 Å². The lowest BCUT2D eigenvalue weighted by Crippen LogP contribution is -2.42. The number of likely N-dealkylation sites (tertiary alicyclic amines) is 1. The summed E-state index contributed by atoms with van der Waals surface area (Å²) in [5.74, 6) is 2.00. The molecule has 7 heteroatoms. The second-order valence-electron chi connectivity index (χ2n) is 9.35. The third-order valence-electron chi connectivity index (χ3n) is 6.96. The Bertz CT molecular complexity index is 740. The molecule has 1 aromatic heterocycles. The molecule has 28 heavy (non-hydrogen) atoms. The number of fused-ring (bicyclic) bond motifs is 1. The van der Waals surface area contributed by atoms with Crippen molar-refractivity contribution in [3.05, 3.63) is 11.7 Å². The number of amides is 2. The number of hydrogen-bond acceptors (Lipinski definition) is 5. The molecule has 3 fully saturated rings. The fourth-order valence-corrected chi connectivity index (χ4v) is 5.53. The molecule has 3 aliphatic rings. The molecule has 0 radical (unpaired) electrons. The van der Waals surface area contributed by atoms with Gasteiger partial charge in [0.05, 0.1) is 5.41 Å². The number of rotatable bonds is 4. The van der Waals surface area contributed by atoms with Gasteiger partial charge in [-0.15, -0.1) is 0 Å². The van der Waals surface area contributed by atoms with Crippen molar-refractivity contribution in [3.63, 3.8) is 0 Å². The molecular formula is C21H32N4O3. The Morgan fingerprint density at radius 1 is 1.25 bits per heavy atom. The van der Waals surface area contributed by atoms with Gasteiger partial charge >= 0.3 is 0 Å². The van der Waals surface area contributed by atoms with Crippen molar-refractivity contribution in [1.82, 2.24) is 20.4 Å². The second-order valence-corrected chi connectivity index (χ2v) is 9.35. The molecule has 154 valence electrons. The molecule has 1 N–H and O–H groups in total. The first-order valence-corrected chi connectivity index (χ1v) is 10.8. The van der Waals surface area contributed by atoms with Gasteiger partial charge < -0.3 is 14.7 Å². The summed E-state index contributed by atoms with van der Waals surface area (Å²) in [5, 5.41) is 7.32. The molecule has 7 nitrogen and oxygen atoms in total. The van der Waals surface area contributed by atoms with Crippen LogP contribution in [0.1, 0.15) is 70.5 Å². The van der Waals surface area contributed by atoms with E-state index in [9.17, 15) is 9.59 Å². The van der Waals surface area contributed by atoms with Gasteiger partial charge in [-0.1, -0.05) is 38.3 Å². The molecule has 4 rings (SSSR count). The zero-order chi connectivity index (χ0) is 19.9. The third-order valence-corrected chi connectivity index (χ3v) is 6.96. The molecule has 0 unspecified atom stereocenters. The Morgan fingerprint density at radius 3 is 2.64 bits per heavy atom. The van der Waals surface area contributed by atoms with Crippen LogP contribution in [0.25, 0.3) is 0 Å². The minimum atomic E-state index is -0.337. The summed E-state index contributed by atoms with van der Waals surface area (Å²) in [6.07, 6.45) is 7.20. The highest BCUT2D eigenvalue weighted by atomic mass is 16.5. The average molecular weight is 389 g/mol. The maximum absolute atomic E-state index is 12.8. The van der Waals surface area contributed by atoms with Gasteiger partial charge in [-0.2, -0.15) is 4.98 Å². The summed E-state index contributed by atoms with van der Waals surface area (Å²) < 4.78 is 5.60. The maximum atomic E-state index is 12.8. The molecule has 0 aromatic carbocycles. The summed E-state index contributed by atoms with van der Waals surface area (Å²) in [5.41, 5.74) is -0.337. The summed E-state index contributed by atoms with van der Waals surface area (Å²) in [6.45, 7) is 7.00. The normalized spacial score (nSPS) is 30.6. The predicted molar refractivity (Wildman–Crippen MR) is 103 cm³/mol. The number of carbonyl (C=O) groups is 2. The smallest absolute Gasteiger partial charge is 0.235 e. The number of aromatic nitrogens is 2. The highest BCUT2D eigenvalue weighted by Gasteiger charge is 2.58. The summed E-state index contributed by atoms with van der Waals surface area (Å²) >= 11 is 0. The quantitative estimate of drug-likeness (QED) is 0.856. The molecular weight excluding hydrogens is 356 g/mol. The van der Waals surface area contributed by atoms with Crippen molar-refractivity contribution >= 4 is 11.8 Å². The van der Waals surface area contributed by atoms with E-state index in [-0.39, 0.29) is 41.0 Å². The molecule has 0 spiro atoms. The Hall–Kier alpha value is -1.92. The van der Waals surface area contributed by atoms with E-state index in [2.05, 4.69) is 15.5 Å². The van der Waals surface area contributed by atoms with Crippen molar-refractivity contribution in [1.29, 1.82) is 0 Å². The van der Waals surface area contributed by atoms with Gasteiger partial charge in [-0.3, -0.25) is 9.59 Å². The minimum Gasteiger partial charge on any atom is -0.353 e. The number of hydrogen-bond donors (Lipinski definition) is 1.